The second-order valence-electron chi connectivity index (χ2n) is 6.38. The number of rotatable bonds is 8. The number of hydrogen-bond acceptors (Lipinski definition) is 6. The van der Waals surface area contributed by atoms with Crippen LogP contribution in [0.1, 0.15) is 12.0 Å². The second kappa shape index (κ2) is 9.04. The molecule has 1 aromatic carbocycles. The van der Waals surface area contributed by atoms with Crippen molar-refractivity contribution in [2.24, 2.45) is 0 Å². The normalized spacial score (nSPS) is 18.5. The van der Waals surface area contributed by atoms with Crippen molar-refractivity contribution in [2.45, 2.75) is 24.5 Å². The highest BCUT2D eigenvalue weighted by Gasteiger charge is 2.35. The summed E-state index contributed by atoms with van der Waals surface area (Å²) in [4.78, 5) is 26.2. The minimum absolute atomic E-state index is 0.170. The molecule has 1 heterocycles. The van der Waals surface area contributed by atoms with Crippen LogP contribution in [0, 0.1) is 5.82 Å². The van der Waals surface area contributed by atoms with Gasteiger partial charge in [-0.3, -0.25) is 14.5 Å². The zero-order chi connectivity index (χ0) is 19.2. The third-order valence-corrected chi connectivity index (χ3v) is 4.46. The van der Waals surface area contributed by atoms with E-state index < -0.39 is 37.3 Å². The standard InChI is InChI=1S/C17H24FN3O5/c18-13-4-2-1-3-12(13)8-21-6-5-19-16(26)14(21)7-15(25)20-17(9-22,10-23)11-24/h1-4,14,22-24H,5-11H2,(H,19,26)(H,20,25)/t14-/m1/s1. The molecule has 8 nitrogen and oxygen atoms in total. The number of aliphatic hydroxyl groups is 3. The van der Waals surface area contributed by atoms with Gasteiger partial charge in [0.15, 0.2) is 0 Å². The van der Waals surface area contributed by atoms with Gasteiger partial charge in [0.25, 0.3) is 0 Å². The first-order valence-corrected chi connectivity index (χ1v) is 8.33. The summed E-state index contributed by atoms with van der Waals surface area (Å²) in [6.45, 7) is -0.948. The van der Waals surface area contributed by atoms with Crippen molar-refractivity contribution in [1.29, 1.82) is 0 Å². The Hall–Kier alpha value is -2.07. The average molecular weight is 369 g/mol. The molecular weight excluding hydrogens is 345 g/mol. The summed E-state index contributed by atoms with van der Waals surface area (Å²) < 4.78 is 13.9. The maximum absolute atomic E-state index is 13.9. The summed E-state index contributed by atoms with van der Waals surface area (Å²) in [6.07, 6.45) is -0.248. The lowest BCUT2D eigenvalue weighted by Crippen LogP contribution is -2.60. The van der Waals surface area contributed by atoms with Crippen molar-refractivity contribution in [3.63, 3.8) is 0 Å². The summed E-state index contributed by atoms with van der Waals surface area (Å²) >= 11 is 0. The fourth-order valence-electron chi connectivity index (χ4n) is 2.81. The lowest BCUT2D eigenvalue weighted by molar-refractivity contribution is -0.135. The van der Waals surface area contributed by atoms with Crippen molar-refractivity contribution >= 4 is 11.8 Å². The van der Waals surface area contributed by atoms with Crippen LogP contribution in [0.3, 0.4) is 0 Å². The van der Waals surface area contributed by atoms with Crippen molar-refractivity contribution in [3.8, 4) is 0 Å². The molecule has 0 saturated carbocycles. The molecule has 1 saturated heterocycles. The lowest BCUT2D eigenvalue weighted by Gasteiger charge is -2.36. The van der Waals surface area contributed by atoms with Crippen LogP contribution in [0.5, 0.6) is 0 Å². The monoisotopic (exact) mass is 369 g/mol. The van der Waals surface area contributed by atoms with Crippen LogP contribution in [0.15, 0.2) is 24.3 Å². The summed E-state index contributed by atoms with van der Waals surface area (Å²) in [6, 6.07) is 5.40. The van der Waals surface area contributed by atoms with Crippen LogP contribution >= 0.6 is 0 Å². The number of benzene rings is 1. The number of nitrogens with zero attached hydrogens (tertiary/aromatic N) is 1. The van der Waals surface area contributed by atoms with Crippen molar-refractivity contribution in [1.82, 2.24) is 15.5 Å². The molecule has 1 aliphatic heterocycles. The zero-order valence-electron chi connectivity index (χ0n) is 14.3. The van der Waals surface area contributed by atoms with Crippen LogP contribution in [0.25, 0.3) is 0 Å². The number of carbonyl (C=O) groups is 2. The van der Waals surface area contributed by atoms with Gasteiger partial charge in [-0.1, -0.05) is 18.2 Å². The fourth-order valence-corrected chi connectivity index (χ4v) is 2.81. The summed E-state index contributed by atoms with van der Waals surface area (Å²) in [5.41, 5.74) is -1.14. The summed E-state index contributed by atoms with van der Waals surface area (Å²) in [5.74, 6) is -1.35. The molecule has 2 amide bonds. The van der Waals surface area contributed by atoms with Gasteiger partial charge < -0.3 is 26.0 Å². The molecule has 2 rings (SSSR count). The number of piperazine rings is 1. The van der Waals surface area contributed by atoms with Crippen LogP contribution < -0.4 is 10.6 Å². The predicted molar refractivity (Wildman–Crippen MR) is 90.4 cm³/mol. The van der Waals surface area contributed by atoms with E-state index in [1.807, 2.05) is 0 Å². The summed E-state index contributed by atoms with van der Waals surface area (Å²) in [5, 5.41) is 32.9. The molecule has 1 atom stereocenters. The minimum Gasteiger partial charge on any atom is -0.394 e. The Morgan fingerprint density at radius 1 is 1.27 bits per heavy atom. The number of nitrogens with one attached hydrogen (secondary N) is 2. The third-order valence-electron chi connectivity index (χ3n) is 4.46. The number of aliphatic hydroxyl groups excluding tert-OH is 3. The van der Waals surface area contributed by atoms with Gasteiger partial charge in [-0.15, -0.1) is 0 Å². The molecule has 0 bridgehead atoms. The van der Waals surface area contributed by atoms with Gasteiger partial charge >= 0.3 is 0 Å². The van der Waals surface area contributed by atoms with E-state index in [2.05, 4.69) is 10.6 Å². The van der Waals surface area contributed by atoms with Crippen LogP contribution in [0.2, 0.25) is 0 Å². The van der Waals surface area contributed by atoms with Gasteiger partial charge in [0, 0.05) is 25.2 Å². The molecule has 1 aromatic rings. The molecule has 26 heavy (non-hydrogen) atoms. The van der Waals surface area contributed by atoms with Crippen LogP contribution in [-0.2, 0) is 16.1 Å². The predicted octanol–water partition coefficient (Wildman–Crippen LogP) is -1.65. The highest BCUT2D eigenvalue weighted by molar-refractivity contribution is 5.89. The first-order chi connectivity index (χ1) is 12.4. The van der Waals surface area contributed by atoms with Gasteiger partial charge in [0.2, 0.25) is 11.8 Å². The van der Waals surface area contributed by atoms with Gasteiger partial charge in [0.05, 0.1) is 32.3 Å². The van der Waals surface area contributed by atoms with E-state index in [0.717, 1.165) is 0 Å². The second-order valence-corrected chi connectivity index (χ2v) is 6.38. The largest absolute Gasteiger partial charge is 0.394 e. The molecular formula is C17H24FN3O5. The molecule has 0 aromatic heterocycles. The maximum atomic E-state index is 13.9. The average Bonchev–Trinajstić information content (AvgIpc) is 2.64. The lowest BCUT2D eigenvalue weighted by atomic mass is 10.0. The quantitative estimate of drug-likeness (QED) is 0.374. The smallest absolute Gasteiger partial charge is 0.237 e. The Balaban J connectivity index is 2.09. The third kappa shape index (κ3) is 4.76. The van der Waals surface area contributed by atoms with Gasteiger partial charge in [-0.05, 0) is 6.07 Å². The van der Waals surface area contributed by atoms with E-state index in [0.29, 0.717) is 18.7 Å². The molecule has 5 N–H and O–H groups in total. The first kappa shape index (κ1) is 20.2. The Bertz CT molecular complexity index is 630. The number of halogens is 1. The number of amides is 2. The van der Waals surface area contributed by atoms with Crippen LogP contribution in [0.4, 0.5) is 4.39 Å². The van der Waals surface area contributed by atoms with Crippen molar-refractivity contribution in [3.05, 3.63) is 35.6 Å². The minimum atomic E-state index is -1.56. The van der Waals surface area contributed by atoms with Crippen molar-refractivity contribution in [2.75, 3.05) is 32.9 Å². The van der Waals surface area contributed by atoms with Crippen LogP contribution in [-0.4, -0.2) is 76.5 Å². The SMILES string of the molecule is O=C(C[C@@H]1C(=O)NCCN1Cc1ccccc1F)NC(CO)(CO)CO. The number of hydrogen-bond donors (Lipinski definition) is 5. The molecule has 0 unspecified atom stereocenters. The molecule has 144 valence electrons. The van der Waals surface area contributed by atoms with Gasteiger partial charge in [-0.2, -0.15) is 0 Å². The fraction of sp³-hybridized carbons (Fsp3) is 0.529. The summed E-state index contributed by atoms with van der Waals surface area (Å²) in [7, 11) is 0. The molecule has 0 spiro atoms. The van der Waals surface area contributed by atoms with E-state index in [4.69, 9.17) is 0 Å². The Morgan fingerprint density at radius 2 is 1.92 bits per heavy atom. The molecule has 9 heteroatoms. The van der Waals surface area contributed by atoms with Gasteiger partial charge in [-0.25, -0.2) is 4.39 Å². The first-order valence-electron chi connectivity index (χ1n) is 8.33. The van der Waals surface area contributed by atoms with E-state index in [1.54, 1.807) is 23.1 Å². The molecule has 1 aliphatic rings. The highest BCUT2D eigenvalue weighted by Crippen LogP contribution is 2.16. The Labute approximate surface area is 150 Å². The zero-order valence-corrected chi connectivity index (χ0v) is 14.3. The van der Waals surface area contributed by atoms with Crippen molar-refractivity contribution < 1.29 is 29.3 Å². The molecule has 1 fully saturated rings. The number of carbonyl (C=O) groups excluding carboxylic acids is 2. The Morgan fingerprint density at radius 3 is 2.54 bits per heavy atom. The molecule has 0 radical (unpaired) electrons. The maximum Gasteiger partial charge on any atom is 0.237 e. The van der Waals surface area contributed by atoms with E-state index in [1.165, 1.54) is 6.07 Å². The molecule has 0 aliphatic carbocycles. The van der Waals surface area contributed by atoms with E-state index in [-0.39, 0.29) is 24.7 Å². The van der Waals surface area contributed by atoms with E-state index >= 15 is 0 Å². The Kier molecular flexibility index (Phi) is 7.04. The van der Waals surface area contributed by atoms with E-state index in [9.17, 15) is 29.3 Å². The van der Waals surface area contributed by atoms with Gasteiger partial charge in [0.1, 0.15) is 11.4 Å². The highest BCUT2D eigenvalue weighted by atomic mass is 19.1. The topological polar surface area (TPSA) is 122 Å².